The predicted octanol–water partition coefficient (Wildman–Crippen LogP) is 1.91. The van der Waals surface area contributed by atoms with Crippen molar-refractivity contribution in [1.82, 2.24) is 9.55 Å². The molecular formula is C8H14N2O3. The van der Waals surface area contributed by atoms with E-state index >= 15 is 0 Å². The zero-order chi connectivity index (χ0) is 10.1. The summed E-state index contributed by atoms with van der Waals surface area (Å²) in [4.78, 5) is 12.5. The van der Waals surface area contributed by atoms with Gasteiger partial charge in [0.2, 0.25) is 0 Å². The Morgan fingerprint density at radius 1 is 1.54 bits per heavy atom. The number of hydrogen-bond donors (Lipinski definition) is 2. The fourth-order valence-electron chi connectivity index (χ4n) is 0.760. The van der Waals surface area contributed by atoms with E-state index in [1.54, 1.807) is 0 Å². The number of aryl methyl sites for hydroxylation is 1. The van der Waals surface area contributed by atoms with Gasteiger partial charge in [-0.15, -0.1) is 0 Å². The van der Waals surface area contributed by atoms with Crippen LogP contribution >= 0.6 is 0 Å². The zero-order valence-electron chi connectivity index (χ0n) is 7.55. The summed E-state index contributed by atoms with van der Waals surface area (Å²) < 4.78 is 2.10. The van der Waals surface area contributed by atoms with Crippen molar-refractivity contribution in [2.24, 2.45) is 0 Å². The molecule has 2 N–H and O–H groups in total. The summed E-state index contributed by atoms with van der Waals surface area (Å²) in [7, 11) is 0. The second-order valence-corrected chi connectivity index (χ2v) is 2.44. The van der Waals surface area contributed by atoms with Crippen LogP contribution < -0.4 is 0 Å². The first-order valence-electron chi connectivity index (χ1n) is 4.04. The standard InChI is InChI=1S/C7H12N2.CH2O3/c1-2-3-5-9-6-4-8-7-9;2-1(3)4/h4,6-7H,2-3,5H2,1H3;(H2,2,3,4). The molecule has 1 heterocycles. The van der Waals surface area contributed by atoms with E-state index < -0.39 is 6.16 Å². The lowest BCUT2D eigenvalue weighted by atomic mass is 10.3. The molecule has 5 nitrogen and oxygen atoms in total. The largest absolute Gasteiger partial charge is 0.503 e. The van der Waals surface area contributed by atoms with Gasteiger partial charge in [0.15, 0.2) is 0 Å². The Kier molecular flexibility index (Phi) is 6.31. The fourth-order valence-corrected chi connectivity index (χ4v) is 0.760. The van der Waals surface area contributed by atoms with Gasteiger partial charge in [-0.3, -0.25) is 0 Å². The molecule has 0 unspecified atom stereocenters. The molecule has 74 valence electrons. The molecular weight excluding hydrogens is 172 g/mol. The van der Waals surface area contributed by atoms with Gasteiger partial charge in [0, 0.05) is 18.9 Å². The van der Waals surface area contributed by atoms with Gasteiger partial charge in [-0.05, 0) is 6.42 Å². The highest BCUT2D eigenvalue weighted by atomic mass is 16.6. The van der Waals surface area contributed by atoms with E-state index in [9.17, 15) is 0 Å². The molecule has 0 amide bonds. The first-order chi connectivity index (χ1) is 6.16. The summed E-state index contributed by atoms with van der Waals surface area (Å²) in [6.07, 6.45) is 6.33. The molecule has 0 aromatic carbocycles. The van der Waals surface area contributed by atoms with E-state index in [1.807, 2.05) is 18.7 Å². The van der Waals surface area contributed by atoms with Crippen molar-refractivity contribution in [1.29, 1.82) is 0 Å². The second-order valence-electron chi connectivity index (χ2n) is 2.44. The minimum Gasteiger partial charge on any atom is -0.450 e. The third-order valence-electron chi connectivity index (χ3n) is 1.33. The SMILES string of the molecule is CCCCn1ccnc1.O=C(O)O. The van der Waals surface area contributed by atoms with Gasteiger partial charge in [0.05, 0.1) is 6.33 Å². The average molecular weight is 186 g/mol. The molecule has 0 atom stereocenters. The third kappa shape index (κ3) is 8.39. The minimum atomic E-state index is -1.83. The highest BCUT2D eigenvalue weighted by Gasteiger charge is 1.85. The summed E-state index contributed by atoms with van der Waals surface area (Å²) in [6.45, 7) is 3.30. The van der Waals surface area contributed by atoms with Gasteiger partial charge in [-0.25, -0.2) is 9.78 Å². The van der Waals surface area contributed by atoms with Crippen LogP contribution in [0.5, 0.6) is 0 Å². The van der Waals surface area contributed by atoms with Gasteiger partial charge < -0.3 is 14.8 Å². The van der Waals surface area contributed by atoms with Crippen LogP contribution in [0.25, 0.3) is 0 Å². The number of unbranched alkanes of at least 4 members (excludes halogenated alkanes) is 1. The molecule has 0 bridgehead atoms. The van der Waals surface area contributed by atoms with Crippen molar-refractivity contribution >= 4 is 6.16 Å². The van der Waals surface area contributed by atoms with Crippen molar-refractivity contribution < 1.29 is 15.0 Å². The molecule has 0 fully saturated rings. The average Bonchev–Trinajstić information content (AvgIpc) is 2.51. The summed E-state index contributed by atoms with van der Waals surface area (Å²) >= 11 is 0. The fraction of sp³-hybridized carbons (Fsp3) is 0.500. The third-order valence-corrected chi connectivity index (χ3v) is 1.33. The molecule has 1 aromatic heterocycles. The number of nitrogens with zero attached hydrogens (tertiary/aromatic N) is 2. The Balaban J connectivity index is 0.000000310. The van der Waals surface area contributed by atoms with Crippen molar-refractivity contribution in [2.75, 3.05) is 0 Å². The monoisotopic (exact) mass is 186 g/mol. The zero-order valence-corrected chi connectivity index (χ0v) is 7.55. The van der Waals surface area contributed by atoms with E-state index in [-0.39, 0.29) is 0 Å². The summed E-state index contributed by atoms with van der Waals surface area (Å²) in [5.74, 6) is 0. The molecule has 0 radical (unpaired) electrons. The molecule has 0 aliphatic heterocycles. The Bertz CT molecular complexity index is 217. The Morgan fingerprint density at radius 3 is 2.54 bits per heavy atom. The summed E-state index contributed by atoms with van der Waals surface area (Å²) in [6, 6.07) is 0. The molecule has 0 saturated carbocycles. The van der Waals surface area contributed by atoms with Crippen LogP contribution in [0.4, 0.5) is 4.79 Å². The van der Waals surface area contributed by atoms with Crippen molar-refractivity contribution in [3.05, 3.63) is 18.7 Å². The second kappa shape index (κ2) is 7.15. The van der Waals surface area contributed by atoms with Crippen molar-refractivity contribution in [3.63, 3.8) is 0 Å². The normalized spacial score (nSPS) is 8.69. The number of carbonyl (C=O) groups is 1. The lowest BCUT2D eigenvalue weighted by molar-refractivity contribution is 0.137. The maximum atomic E-state index is 8.56. The van der Waals surface area contributed by atoms with E-state index in [4.69, 9.17) is 15.0 Å². The van der Waals surface area contributed by atoms with Gasteiger partial charge in [0.1, 0.15) is 0 Å². The van der Waals surface area contributed by atoms with Gasteiger partial charge in [-0.2, -0.15) is 0 Å². The number of carboxylic acid groups (broad SMARTS) is 2. The highest BCUT2D eigenvalue weighted by molar-refractivity contribution is 5.53. The van der Waals surface area contributed by atoms with E-state index in [2.05, 4.69) is 16.5 Å². The Morgan fingerprint density at radius 2 is 2.15 bits per heavy atom. The molecule has 1 rings (SSSR count). The van der Waals surface area contributed by atoms with Crippen LogP contribution in [-0.2, 0) is 6.54 Å². The summed E-state index contributed by atoms with van der Waals surface area (Å²) in [5.41, 5.74) is 0. The molecule has 13 heavy (non-hydrogen) atoms. The molecule has 0 aliphatic carbocycles. The van der Waals surface area contributed by atoms with E-state index in [0.717, 1.165) is 6.54 Å². The number of rotatable bonds is 3. The predicted molar refractivity (Wildman–Crippen MR) is 47.8 cm³/mol. The molecule has 0 saturated heterocycles. The van der Waals surface area contributed by atoms with Gasteiger partial charge >= 0.3 is 6.16 Å². The topological polar surface area (TPSA) is 75.4 Å². The number of hydrogen-bond acceptors (Lipinski definition) is 2. The quantitative estimate of drug-likeness (QED) is 0.756. The number of imidazole rings is 1. The molecule has 5 heteroatoms. The molecule has 0 spiro atoms. The lowest BCUT2D eigenvalue weighted by Crippen LogP contribution is -1.92. The van der Waals surface area contributed by atoms with E-state index in [0.29, 0.717) is 0 Å². The van der Waals surface area contributed by atoms with Crippen molar-refractivity contribution in [3.8, 4) is 0 Å². The van der Waals surface area contributed by atoms with Crippen LogP contribution in [0.3, 0.4) is 0 Å². The first kappa shape index (κ1) is 11.5. The summed E-state index contributed by atoms with van der Waals surface area (Å²) in [5, 5.41) is 13.9. The highest BCUT2D eigenvalue weighted by Crippen LogP contribution is 1.92. The lowest BCUT2D eigenvalue weighted by Gasteiger charge is -1.96. The van der Waals surface area contributed by atoms with Gasteiger partial charge in [-0.1, -0.05) is 13.3 Å². The minimum absolute atomic E-state index is 1.11. The van der Waals surface area contributed by atoms with Crippen LogP contribution in [0.2, 0.25) is 0 Å². The van der Waals surface area contributed by atoms with Crippen molar-refractivity contribution in [2.45, 2.75) is 26.3 Å². The van der Waals surface area contributed by atoms with Gasteiger partial charge in [0.25, 0.3) is 0 Å². The maximum absolute atomic E-state index is 8.56. The van der Waals surface area contributed by atoms with E-state index in [1.165, 1.54) is 12.8 Å². The maximum Gasteiger partial charge on any atom is 0.503 e. The first-order valence-corrected chi connectivity index (χ1v) is 4.04. The molecule has 1 aromatic rings. The smallest absolute Gasteiger partial charge is 0.450 e. The van der Waals surface area contributed by atoms with Crippen LogP contribution in [0.15, 0.2) is 18.7 Å². The van der Waals surface area contributed by atoms with Crippen LogP contribution in [-0.4, -0.2) is 25.9 Å². The Hall–Kier alpha value is -1.52. The van der Waals surface area contributed by atoms with Crippen LogP contribution in [0.1, 0.15) is 19.8 Å². The van der Waals surface area contributed by atoms with Crippen LogP contribution in [0, 0.1) is 0 Å². The number of aromatic nitrogens is 2. The Labute approximate surface area is 76.7 Å². The molecule has 0 aliphatic rings.